The van der Waals surface area contributed by atoms with Crippen molar-refractivity contribution in [3.8, 4) is 11.5 Å². The third-order valence-electron chi connectivity index (χ3n) is 3.10. The van der Waals surface area contributed by atoms with E-state index >= 15 is 0 Å². The maximum absolute atomic E-state index is 12.6. The monoisotopic (exact) mass is 271 g/mol. The van der Waals surface area contributed by atoms with Gasteiger partial charge in [-0.3, -0.25) is 9.78 Å². The molecule has 0 aliphatic carbocycles. The van der Waals surface area contributed by atoms with E-state index in [1.807, 2.05) is 19.1 Å². The fourth-order valence-electron chi connectivity index (χ4n) is 2.00. The summed E-state index contributed by atoms with van der Waals surface area (Å²) in [7, 11) is 3.11. The Morgan fingerprint density at radius 3 is 2.35 bits per heavy atom. The largest absolute Gasteiger partial charge is 0.497 e. The van der Waals surface area contributed by atoms with E-state index in [9.17, 15) is 4.79 Å². The molecule has 0 saturated heterocycles. The Morgan fingerprint density at radius 2 is 1.80 bits per heavy atom. The maximum Gasteiger partial charge on any atom is 0.211 e. The van der Waals surface area contributed by atoms with Crippen LogP contribution in [0.4, 0.5) is 0 Å². The van der Waals surface area contributed by atoms with Gasteiger partial charge < -0.3 is 9.47 Å². The molecule has 0 spiro atoms. The topological polar surface area (TPSA) is 48.4 Å². The van der Waals surface area contributed by atoms with Crippen molar-refractivity contribution in [2.45, 2.75) is 13.3 Å². The molecule has 2 aromatic rings. The first-order chi connectivity index (χ1) is 9.69. The predicted molar refractivity (Wildman–Crippen MR) is 76.6 cm³/mol. The van der Waals surface area contributed by atoms with Crippen LogP contribution in [0.3, 0.4) is 0 Å². The van der Waals surface area contributed by atoms with Crippen molar-refractivity contribution in [1.82, 2.24) is 4.98 Å². The van der Waals surface area contributed by atoms with E-state index < -0.39 is 0 Å². The van der Waals surface area contributed by atoms with E-state index in [1.165, 1.54) is 0 Å². The summed E-state index contributed by atoms with van der Waals surface area (Å²) in [5, 5.41) is 0. The molecule has 4 nitrogen and oxygen atoms in total. The van der Waals surface area contributed by atoms with Crippen LogP contribution in [-0.2, 0) is 6.42 Å². The fraction of sp³-hybridized carbons (Fsp3) is 0.250. The predicted octanol–water partition coefficient (Wildman–Crippen LogP) is 2.89. The first-order valence-corrected chi connectivity index (χ1v) is 6.41. The highest BCUT2D eigenvalue weighted by Gasteiger charge is 2.16. The van der Waals surface area contributed by atoms with Crippen LogP contribution in [0, 0.1) is 0 Å². The molecule has 1 heterocycles. The van der Waals surface area contributed by atoms with E-state index in [4.69, 9.17) is 9.47 Å². The molecule has 0 saturated carbocycles. The molecule has 0 N–H and O–H groups in total. The molecular formula is C16H17NO3. The maximum atomic E-state index is 12.6. The summed E-state index contributed by atoms with van der Waals surface area (Å²) in [5.41, 5.74) is 1.92. The molecule has 0 fully saturated rings. The average molecular weight is 271 g/mol. The number of aryl methyl sites for hydroxylation is 1. The number of hydrogen-bond acceptors (Lipinski definition) is 4. The van der Waals surface area contributed by atoms with Gasteiger partial charge in [0.15, 0.2) is 0 Å². The van der Waals surface area contributed by atoms with Crippen LogP contribution in [0.1, 0.15) is 28.5 Å². The summed E-state index contributed by atoms with van der Waals surface area (Å²) < 4.78 is 10.4. The van der Waals surface area contributed by atoms with Crippen LogP contribution in [0.5, 0.6) is 11.5 Å². The lowest BCUT2D eigenvalue weighted by molar-refractivity contribution is 0.103. The standard InChI is InChI=1S/C16H17NO3/c1-4-11-6-5-7-17-15(11)16(18)12-8-13(19-2)10-14(9-12)20-3/h5-10H,4H2,1-3H3. The molecule has 0 unspecified atom stereocenters. The number of ketones is 1. The molecule has 20 heavy (non-hydrogen) atoms. The van der Waals surface area contributed by atoms with Crippen molar-refractivity contribution in [3.05, 3.63) is 53.3 Å². The Labute approximate surface area is 118 Å². The molecule has 0 atom stereocenters. The van der Waals surface area contributed by atoms with Gasteiger partial charge in [0.25, 0.3) is 0 Å². The van der Waals surface area contributed by atoms with Gasteiger partial charge in [0.2, 0.25) is 5.78 Å². The lowest BCUT2D eigenvalue weighted by atomic mass is 10.0. The molecule has 0 aliphatic rings. The van der Waals surface area contributed by atoms with Gasteiger partial charge in [0.1, 0.15) is 17.2 Å². The second-order valence-electron chi connectivity index (χ2n) is 4.30. The van der Waals surface area contributed by atoms with E-state index in [0.717, 1.165) is 12.0 Å². The Kier molecular flexibility index (Phi) is 4.35. The Hall–Kier alpha value is -2.36. The number of hydrogen-bond donors (Lipinski definition) is 0. The molecule has 104 valence electrons. The number of rotatable bonds is 5. The molecule has 0 amide bonds. The SMILES string of the molecule is CCc1cccnc1C(=O)c1cc(OC)cc(OC)c1. The van der Waals surface area contributed by atoms with Gasteiger partial charge in [-0.05, 0) is 30.2 Å². The molecule has 4 heteroatoms. The number of carbonyl (C=O) groups is 1. The van der Waals surface area contributed by atoms with Crippen molar-refractivity contribution in [2.24, 2.45) is 0 Å². The van der Waals surface area contributed by atoms with Gasteiger partial charge in [0, 0.05) is 17.8 Å². The minimum Gasteiger partial charge on any atom is -0.497 e. The summed E-state index contributed by atoms with van der Waals surface area (Å²) in [6.07, 6.45) is 2.39. The first kappa shape index (κ1) is 14.1. The molecule has 1 aromatic carbocycles. The van der Waals surface area contributed by atoms with Gasteiger partial charge in [0.05, 0.1) is 14.2 Å². The third kappa shape index (κ3) is 2.79. The van der Waals surface area contributed by atoms with Gasteiger partial charge >= 0.3 is 0 Å². The molecular weight excluding hydrogens is 254 g/mol. The molecule has 2 rings (SSSR count). The summed E-state index contributed by atoms with van der Waals surface area (Å²) in [4.78, 5) is 16.8. The van der Waals surface area contributed by atoms with E-state index in [1.54, 1.807) is 38.6 Å². The number of pyridine rings is 1. The average Bonchev–Trinajstić information content (AvgIpc) is 2.53. The molecule has 1 aromatic heterocycles. The first-order valence-electron chi connectivity index (χ1n) is 6.41. The van der Waals surface area contributed by atoms with Crippen LogP contribution < -0.4 is 9.47 Å². The smallest absolute Gasteiger partial charge is 0.211 e. The quantitative estimate of drug-likeness (QED) is 0.785. The van der Waals surface area contributed by atoms with Crippen molar-refractivity contribution in [2.75, 3.05) is 14.2 Å². The second-order valence-corrected chi connectivity index (χ2v) is 4.30. The van der Waals surface area contributed by atoms with Crippen LogP contribution in [0.2, 0.25) is 0 Å². The van der Waals surface area contributed by atoms with Gasteiger partial charge in [-0.1, -0.05) is 13.0 Å². The number of ether oxygens (including phenoxy) is 2. The number of carbonyl (C=O) groups excluding carboxylic acids is 1. The van der Waals surface area contributed by atoms with Gasteiger partial charge in [-0.25, -0.2) is 0 Å². The minimum atomic E-state index is -0.125. The van der Waals surface area contributed by atoms with Crippen LogP contribution >= 0.6 is 0 Å². The second kappa shape index (κ2) is 6.19. The Bertz CT molecular complexity index is 601. The number of benzene rings is 1. The highest BCUT2D eigenvalue weighted by molar-refractivity contribution is 6.09. The summed E-state index contributed by atoms with van der Waals surface area (Å²) in [6, 6.07) is 8.87. The van der Waals surface area contributed by atoms with Crippen molar-refractivity contribution in [1.29, 1.82) is 0 Å². The number of methoxy groups -OCH3 is 2. The normalized spacial score (nSPS) is 10.2. The molecule has 0 bridgehead atoms. The lowest BCUT2D eigenvalue weighted by Gasteiger charge is -2.09. The highest BCUT2D eigenvalue weighted by atomic mass is 16.5. The van der Waals surface area contributed by atoms with Crippen molar-refractivity contribution >= 4 is 5.78 Å². The minimum absolute atomic E-state index is 0.125. The van der Waals surface area contributed by atoms with E-state index in [-0.39, 0.29) is 5.78 Å². The zero-order chi connectivity index (χ0) is 14.5. The van der Waals surface area contributed by atoms with Crippen LogP contribution in [-0.4, -0.2) is 25.0 Å². The van der Waals surface area contributed by atoms with Crippen molar-refractivity contribution in [3.63, 3.8) is 0 Å². The number of aromatic nitrogens is 1. The van der Waals surface area contributed by atoms with Crippen LogP contribution in [0.25, 0.3) is 0 Å². The van der Waals surface area contributed by atoms with E-state index in [2.05, 4.69) is 4.98 Å². The highest BCUT2D eigenvalue weighted by Crippen LogP contribution is 2.24. The molecule has 0 aliphatic heterocycles. The summed E-state index contributed by atoms with van der Waals surface area (Å²) >= 11 is 0. The lowest BCUT2D eigenvalue weighted by Crippen LogP contribution is -2.08. The Balaban J connectivity index is 2.47. The Morgan fingerprint density at radius 1 is 1.15 bits per heavy atom. The van der Waals surface area contributed by atoms with Gasteiger partial charge in [-0.2, -0.15) is 0 Å². The number of nitrogens with zero attached hydrogens (tertiary/aromatic N) is 1. The third-order valence-corrected chi connectivity index (χ3v) is 3.10. The van der Waals surface area contributed by atoms with E-state index in [0.29, 0.717) is 22.8 Å². The zero-order valence-corrected chi connectivity index (χ0v) is 11.8. The van der Waals surface area contributed by atoms with Crippen molar-refractivity contribution < 1.29 is 14.3 Å². The summed E-state index contributed by atoms with van der Waals surface area (Å²) in [5.74, 6) is 1.04. The molecule has 0 radical (unpaired) electrons. The zero-order valence-electron chi connectivity index (χ0n) is 11.8. The summed E-state index contributed by atoms with van der Waals surface area (Å²) in [6.45, 7) is 2.00. The van der Waals surface area contributed by atoms with Crippen LogP contribution in [0.15, 0.2) is 36.5 Å². The van der Waals surface area contributed by atoms with Gasteiger partial charge in [-0.15, -0.1) is 0 Å². The fourth-order valence-corrected chi connectivity index (χ4v) is 2.00.